The highest BCUT2D eigenvalue weighted by atomic mass is 79.9. The Balaban J connectivity index is 2.25. The minimum atomic E-state index is -4.42. The maximum Gasteiger partial charge on any atom is 0.416 e. The number of Topliss-reactive ketones (excluding diaryl/α,β-unsaturated/α-hetero) is 1. The summed E-state index contributed by atoms with van der Waals surface area (Å²) in [4.78, 5) is 12.1. The number of carbonyl (C=O) groups is 1. The number of alkyl halides is 3. The molecule has 0 aliphatic heterocycles. The summed E-state index contributed by atoms with van der Waals surface area (Å²) in [7, 11) is 1.54. The van der Waals surface area contributed by atoms with Crippen LogP contribution in [0.5, 0.6) is 0 Å². The maximum absolute atomic E-state index is 12.6. The minimum Gasteiger partial charge on any atom is -0.292 e. The first-order chi connectivity index (χ1) is 9.29. The molecule has 1 aromatic carbocycles. The van der Waals surface area contributed by atoms with E-state index in [0.717, 1.165) is 12.1 Å². The van der Waals surface area contributed by atoms with Crippen molar-refractivity contribution in [1.29, 1.82) is 0 Å². The van der Waals surface area contributed by atoms with Crippen molar-refractivity contribution in [3.8, 4) is 0 Å². The highest BCUT2D eigenvalue weighted by Gasteiger charge is 2.30. The Kier molecular flexibility index (Phi) is 3.94. The molecule has 1 heterocycles. The zero-order valence-corrected chi connectivity index (χ0v) is 11.9. The van der Waals surface area contributed by atoms with Crippen LogP contribution in [0.15, 0.2) is 28.9 Å². The largest absolute Gasteiger partial charge is 0.416 e. The molecule has 0 spiro atoms. The summed E-state index contributed by atoms with van der Waals surface area (Å²) >= 11 is 3.08. The second-order valence-electron chi connectivity index (χ2n) is 4.15. The standard InChI is InChI=1S/C12H9BrF3N3O/c1-19-10(11(13)17-18-19)9(20)6-7-3-2-4-8(5-7)12(14,15)16/h2-5H,6H2,1H3. The Hall–Kier alpha value is -1.70. The molecule has 2 rings (SSSR count). The molecule has 0 radical (unpaired) electrons. The van der Waals surface area contributed by atoms with Crippen molar-refractivity contribution in [3.63, 3.8) is 0 Å². The second-order valence-corrected chi connectivity index (χ2v) is 4.90. The molecule has 106 valence electrons. The Morgan fingerprint density at radius 2 is 2.10 bits per heavy atom. The van der Waals surface area contributed by atoms with Crippen molar-refractivity contribution in [2.24, 2.45) is 7.05 Å². The normalized spacial score (nSPS) is 11.7. The number of aryl methyl sites for hydroxylation is 1. The molecular weight excluding hydrogens is 339 g/mol. The van der Waals surface area contributed by atoms with Gasteiger partial charge in [0, 0.05) is 13.5 Å². The van der Waals surface area contributed by atoms with Crippen LogP contribution in [-0.2, 0) is 19.6 Å². The minimum absolute atomic E-state index is 0.149. The van der Waals surface area contributed by atoms with Crippen LogP contribution in [0, 0.1) is 0 Å². The maximum atomic E-state index is 12.6. The van der Waals surface area contributed by atoms with Gasteiger partial charge in [-0.1, -0.05) is 23.4 Å². The number of rotatable bonds is 3. The number of hydrogen-bond donors (Lipinski definition) is 0. The van der Waals surface area contributed by atoms with Crippen molar-refractivity contribution in [1.82, 2.24) is 15.0 Å². The van der Waals surface area contributed by atoms with Gasteiger partial charge in [-0.2, -0.15) is 13.2 Å². The lowest BCUT2D eigenvalue weighted by atomic mass is 10.0. The molecule has 20 heavy (non-hydrogen) atoms. The molecule has 0 unspecified atom stereocenters. The lowest BCUT2D eigenvalue weighted by Crippen LogP contribution is -2.11. The van der Waals surface area contributed by atoms with Crippen LogP contribution in [0.2, 0.25) is 0 Å². The Morgan fingerprint density at radius 1 is 1.40 bits per heavy atom. The van der Waals surface area contributed by atoms with Gasteiger partial charge in [0.15, 0.2) is 10.4 Å². The molecule has 1 aromatic heterocycles. The lowest BCUT2D eigenvalue weighted by Gasteiger charge is -2.08. The highest BCUT2D eigenvalue weighted by Crippen LogP contribution is 2.29. The Labute approximate surface area is 120 Å². The molecule has 0 atom stereocenters. The summed E-state index contributed by atoms with van der Waals surface area (Å²) in [5, 5.41) is 7.32. The van der Waals surface area contributed by atoms with Gasteiger partial charge >= 0.3 is 6.18 Å². The fraction of sp³-hybridized carbons (Fsp3) is 0.250. The summed E-state index contributed by atoms with van der Waals surface area (Å²) in [6, 6.07) is 4.69. The molecule has 2 aromatic rings. The van der Waals surface area contributed by atoms with Crippen LogP contribution in [-0.4, -0.2) is 20.8 Å². The van der Waals surface area contributed by atoms with E-state index in [1.165, 1.54) is 23.9 Å². The van der Waals surface area contributed by atoms with Crippen molar-refractivity contribution in [2.45, 2.75) is 12.6 Å². The van der Waals surface area contributed by atoms with Crippen LogP contribution in [0.3, 0.4) is 0 Å². The number of ketones is 1. The first-order valence-corrected chi connectivity index (χ1v) is 6.33. The Morgan fingerprint density at radius 3 is 2.65 bits per heavy atom. The van der Waals surface area contributed by atoms with Crippen molar-refractivity contribution >= 4 is 21.7 Å². The van der Waals surface area contributed by atoms with E-state index in [1.54, 1.807) is 0 Å². The van der Waals surface area contributed by atoms with Gasteiger partial charge in [0.25, 0.3) is 0 Å². The van der Waals surface area contributed by atoms with Crippen molar-refractivity contribution in [3.05, 3.63) is 45.7 Å². The van der Waals surface area contributed by atoms with E-state index >= 15 is 0 Å². The molecule has 8 heteroatoms. The van der Waals surface area contributed by atoms with Gasteiger partial charge in [-0.25, -0.2) is 4.68 Å². The molecule has 0 N–H and O–H groups in total. The monoisotopic (exact) mass is 347 g/mol. The SMILES string of the molecule is Cn1nnc(Br)c1C(=O)Cc1cccc(C(F)(F)F)c1. The van der Waals surface area contributed by atoms with Crippen molar-refractivity contribution in [2.75, 3.05) is 0 Å². The molecule has 0 saturated carbocycles. The number of hydrogen-bond acceptors (Lipinski definition) is 3. The molecule has 0 amide bonds. The predicted molar refractivity (Wildman–Crippen MR) is 68.2 cm³/mol. The number of benzene rings is 1. The first-order valence-electron chi connectivity index (χ1n) is 5.53. The van der Waals surface area contributed by atoms with Crippen LogP contribution in [0.4, 0.5) is 13.2 Å². The quantitative estimate of drug-likeness (QED) is 0.802. The third-order valence-corrected chi connectivity index (χ3v) is 3.20. The number of carbonyl (C=O) groups excluding carboxylic acids is 1. The number of halogens is 4. The Bertz CT molecular complexity index is 632. The zero-order valence-electron chi connectivity index (χ0n) is 10.3. The molecular formula is C12H9BrF3N3O. The predicted octanol–water partition coefficient (Wildman–Crippen LogP) is 3.02. The van der Waals surface area contributed by atoms with Crippen LogP contribution >= 0.6 is 15.9 Å². The van der Waals surface area contributed by atoms with Gasteiger partial charge in [0.2, 0.25) is 0 Å². The van der Waals surface area contributed by atoms with Gasteiger partial charge in [0.05, 0.1) is 5.56 Å². The van der Waals surface area contributed by atoms with Crippen LogP contribution in [0.25, 0.3) is 0 Å². The molecule has 0 saturated heterocycles. The second kappa shape index (κ2) is 5.35. The van der Waals surface area contributed by atoms with E-state index in [-0.39, 0.29) is 28.1 Å². The third-order valence-electron chi connectivity index (χ3n) is 2.67. The number of aromatic nitrogens is 3. The average molecular weight is 348 g/mol. The molecule has 4 nitrogen and oxygen atoms in total. The smallest absolute Gasteiger partial charge is 0.292 e. The fourth-order valence-electron chi connectivity index (χ4n) is 1.75. The van der Waals surface area contributed by atoms with Gasteiger partial charge in [-0.05, 0) is 27.6 Å². The van der Waals surface area contributed by atoms with E-state index in [4.69, 9.17) is 0 Å². The van der Waals surface area contributed by atoms with Gasteiger partial charge in [-0.3, -0.25) is 4.79 Å². The molecule has 0 aliphatic carbocycles. The van der Waals surface area contributed by atoms with E-state index < -0.39 is 11.7 Å². The van der Waals surface area contributed by atoms with Gasteiger partial charge in [0.1, 0.15) is 5.69 Å². The lowest BCUT2D eigenvalue weighted by molar-refractivity contribution is -0.137. The van der Waals surface area contributed by atoms with Crippen LogP contribution in [0.1, 0.15) is 21.6 Å². The summed E-state index contributed by atoms with van der Waals surface area (Å²) < 4.78 is 39.3. The molecule has 0 aliphatic rings. The van der Waals surface area contributed by atoms with E-state index in [9.17, 15) is 18.0 Å². The fourth-order valence-corrected chi connectivity index (χ4v) is 2.30. The van der Waals surface area contributed by atoms with E-state index in [0.29, 0.717) is 0 Å². The first kappa shape index (κ1) is 14.7. The van der Waals surface area contributed by atoms with E-state index in [2.05, 4.69) is 26.2 Å². The van der Waals surface area contributed by atoms with Crippen molar-refractivity contribution < 1.29 is 18.0 Å². The zero-order chi connectivity index (χ0) is 14.9. The van der Waals surface area contributed by atoms with Gasteiger partial charge in [-0.15, -0.1) is 5.10 Å². The highest BCUT2D eigenvalue weighted by molar-refractivity contribution is 9.10. The van der Waals surface area contributed by atoms with Gasteiger partial charge < -0.3 is 0 Å². The average Bonchev–Trinajstić information content (AvgIpc) is 2.68. The summed E-state index contributed by atoms with van der Waals surface area (Å²) in [6.07, 6.45) is -4.57. The number of nitrogens with zero attached hydrogens (tertiary/aromatic N) is 3. The summed E-state index contributed by atoms with van der Waals surface area (Å²) in [5.41, 5.74) is -0.259. The summed E-state index contributed by atoms with van der Waals surface area (Å²) in [6.45, 7) is 0. The van der Waals surface area contributed by atoms with E-state index in [1.807, 2.05) is 0 Å². The molecule has 0 fully saturated rings. The molecule has 0 bridgehead atoms. The summed E-state index contributed by atoms with van der Waals surface area (Å²) in [5.74, 6) is -0.358. The topological polar surface area (TPSA) is 47.8 Å². The van der Waals surface area contributed by atoms with Crippen LogP contribution < -0.4 is 0 Å². The third kappa shape index (κ3) is 3.06.